The SMILES string of the molecule is CCNC(=NCc1ccc(C(=O)N(C)C)cc1)NCCCc1ccccc1Cl.I. The first-order valence-corrected chi connectivity index (χ1v) is 9.95. The molecule has 0 saturated heterocycles. The number of hydrogen-bond acceptors (Lipinski definition) is 2. The average molecular weight is 529 g/mol. The van der Waals surface area contributed by atoms with E-state index in [-0.39, 0.29) is 29.9 Å². The molecule has 158 valence electrons. The molecule has 7 heteroatoms. The first-order chi connectivity index (χ1) is 13.5. The Hall–Kier alpha value is -1.80. The molecule has 0 aliphatic heterocycles. The van der Waals surface area contributed by atoms with Gasteiger partial charge < -0.3 is 15.5 Å². The minimum absolute atomic E-state index is 0. The Kier molecular flexibility index (Phi) is 11.7. The second-order valence-electron chi connectivity index (χ2n) is 6.71. The molecule has 29 heavy (non-hydrogen) atoms. The first-order valence-electron chi connectivity index (χ1n) is 9.57. The van der Waals surface area contributed by atoms with Crippen LogP contribution in [0.1, 0.15) is 34.8 Å². The van der Waals surface area contributed by atoms with Crippen molar-refractivity contribution in [3.05, 3.63) is 70.2 Å². The Bertz CT molecular complexity index is 794. The maximum Gasteiger partial charge on any atom is 0.253 e. The average Bonchev–Trinajstić information content (AvgIpc) is 2.70. The van der Waals surface area contributed by atoms with E-state index < -0.39 is 0 Å². The second-order valence-corrected chi connectivity index (χ2v) is 7.12. The summed E-state index contributed by atoms with van der Waals surface area (Å²) in [6, 6.07) is 15.5. The van der Waals surface area contributed by atoms with Crippen LogP contribution in [0.25, 0.3) is 0 Å². The number of benzene rings is 2. The van der Waals surface area contributed by atoms with E-state index >= 15 is 0 Å². The van der Waals surface area contributed by atoms with Crippen LogP contribution in [0.5, 0.6) is 0 Å². The molecule has 0 saturated carbocycles. The van der Waals surface area contributed by atoms with Gasteiger partial charge in [-0.3, -0.25) is 4.79 Å². The van der Waals surface area contributed by atoms with Crippen molar-refractivity contribution in [3.8, 4) is 0 Å². The molecule has 0 radical (unpaired) electrons. The van der Waals surface area contributed by atoms with E-state index in [9.17, 15) is 4.79 Å². The minimum atomic E-state index is 0. The molecule has 2 aromatic rings. The lowest BCUT2D eigenvalue weighted by Crippen LogP contribution is -2.37. The number of nitrogens with one attached hydrogen (secondary N) is 2. The van der Waals surface area contributed by atoms with Crippen LogP contribution in [-0.2, 0) is 13.0 Å². The zero-order valence-electron chi connectivity index (χ0n) is 17.2. The highest BCUT2D eigenvalue weighted by Gasteiger charge is 2.07. The fraction of sp³-hybridized carbons (Fsp3) is 0.364. The van der Waals surface area contributed by atoms with Gasteiger partial charge in [0.25, 0.3) is 5.91 Å². The van der Waals surface area contributed by atoms with Crippen molar-refractivity contribution in [3.63, 3.8) is 0 Å². The van der Waals surface area contributed by atoms with Gasteiger partial charge in [-0.1, -0.05) is 41.9 Å². The third kappa shape index (κ3) is 8.62. The molecule has 0 aliphatic carbocycles. The van der Waals surface area contributed by atoms with E-state index in [1.807, 2.05) is 49.4 Å². The standard InChI is InChI=1S/C22H29ClN4O.HI/c1-4-24-22(25-15-7-9-18-8-5-6-10-20(18)23)26-16-17-11-13-19(14-12-17)21(28)27(2)3;/h5-6,8,10-14H,4,7,9,15-16H2,1-3H3,(H2,24,25,26);1H. The van der Waals surface area contributed by atoms with Crippen LogP contribution in [0.4, 0.5) is 0 Å². The van der Waals surface area contributed by atoms with Gasteiger partial charge in [-0.2, -0.15) is 0 Å². The van der Waals surface area contributed by atoms with Crippen LogP contribution in [0.2, 0.25) is 5.02 Å². The summed E-state index contributed by atoms with van der Waals surface area (Å²) in [4.78, 5) is 18.1. The van der Waals surface area contributed by atoms with E-state index in [1.54, 1.807) is 19.0 Å². The Balaban J connectivity index is 0.00000420. The van der Waals surface area contributed by atoms with E-state index in [0.717, 1.165) is 42.5 Å². The molecule has 0 fully saturated rings. The highest BCUT2D eigenvalue weighted by molar-refractivity contribution is 14.0. The van der Waals surface area contributed by atoms with E-state index in [4.69, 9.17) is 11.6 Å². The Labute approximate surface area is 196 Å². The topological polar surface area (TPSA) is 56.7 Å². The van der Waals surface area contributed by atoms with Crippen LogP contribution in [0.15, 0.2) is 53.5 Å². The van der Waals surface area contributed by atoms with Gasteiger partial charge in [0.05, 0.1) is 6.54 Å². The summed E-state index contributed by atoms with van der Waals surface area (Å²) in [6.45, 7) is 4.21. The molecular weight excluding hydrogens is 499 g/mol. The molecule has 2 aromatic carbocycles. The summed E-state index contributed by atoms with van der Waals surface area (Å²) in [7, 11) is 3.50. The zero-order valence-corrected chi connectivity index (χ0v) is 20.3. The van der Waals surface area contributed by atoms with Crippen LogP contribution < -0.4 is 10.6 Å². The predicted octanol–water partition coefficient (Wildman–Crippen LogP) is 4.35. The molecule has 2 N–H and O–H groups in total. The molecular formula is C22H30ClIN4O. The molecule has 0 aromatic heterocycles. The molecule has 0 unspecified atom stereocenters. The molecule has 0 bridgehead atoms. The van der Waals surface area contributed by atoms with Gasteiger partial charge in [-0.15, -0.1) is 24.0 Å². The largest absolute Gasteiger partial charge is 0.357 e. The summed E-state index contributed by atoms with van der Waals surface area (Å²) in [5.41, 5.74) is 2.91. The molecule has 0 aliphatic rings. The van der Waals surface area contributed by atoms with Gasteiger partial charge in [0.2, 0.25) is 0 Å². The van der Waals surface area contributed by atoms with Gasteiger partial charge in [-0.25, -0.2) is 4.99 Å². The lowest BCUT2D eigenvalue weighted by molar-refractivity contribution is 0.0827. The van der Waals surface area contributed by atoms with Crippen LogP contribution in [0.3, 0.4) is 0 Å². The predicted molar refractivity (Wildman–Crippen MR) is 132 cm³/mol. The summed E-state index contributed by atoms with van der Waals surface area (Å²) in [5.74, 6) is 0.790. The highest BCUT2D eigenvalue weighted by Crippen LogP contribution is 2.16. The fourth-order valence-corrected chi connectivity index (χ4v) is 2.94. The monoisotopic (exact) mass is 528 g/mol. The van der Waals surface area contributed by atoms with Crippen molar-refractivity contribution < 1.29 is 4.79 Å². The van der Waals surface area contributed by atoms with E-state index in [2.05, 4.69) is 21.7 Å². The van der Waals surface area contributed by atoms with Crippen molar-refractivity contribution in [2.75, 3.05) is 27.2 Å². The highest BCUT2D eigenvalue weighted by atomic mass is 127. The smallest absolute Gasteiger partial charge is 0.253 e. The molecule has 5 nitrogen and oxygen atoms in total. The number of guanidine groups is 1. The number of nitrogens with zero attached hydrogens (tertiary/aromatic N) is 2. The lowest BCUT2D eigenvalue weighted by atomic mass is 10.1. The number of aliphatic imine (C=N–C) groups is 1. The van der Waals surface area contributed by atoms with E-state index in [1.165, 1.54) is 5.56 Å². The van der Waals surface area contributed by atoms with Crippen molar-refractivity contribution in [2.45, 2.75) is 26.3 Å². The number of hydrogen-bond donors (Lipinski definition) is 2. The Morgan fingerprint density at radius 3 is 2.38 bits per heavy atom. The quantitative estimate of drug-likeness (QED) is 0.232. The number of rotatable bonds is 8. The van der Waals surface area contributed by atoms with Crippen molar-refractivity contribution in [1.82, 2.24) is 15.5 Å². The maximum absolute atomic E-state index is 11.9. The van der Waals surface area contributed by atoms with Gasteiger partial charge in [0, 0.05) is 37.8 Å². The fourth-order valence-electron chi connectivity index (χ4n) is 2.71. The van der Waals surface area contributed by atoms with Gasteiger partial charge in [0.1, 0.15) is 0 Å². The molecule has 1 amide bonds. The molecule has 0 spiro atoms. The number of carbonyl (C=O) groups is 1. The maximum atomic E-state index is 11.9. The molecule has 0 heterocycles. The molecule has 0 atom stereocenters. The van der Waals surface area contributed by atoms with Crippen LogP contribution in [0, 0.1) is 0 Å². The van der Waals surface area contributed by atoms with Gasteiger partial charge in [-0.05, 0) is 49.1 Å². The van der Waals surface area contributed by atoms with Gasteiger partial charge >= 0.3 is 0 Å². The van der Waals surface area contributed by atoms with Gasteiger partial charge in [0.15, 0.2) is 5.96 Å². The zero-order chi connectivity index (χ0) is 20.4. The van der Waals surface area contributed by atoms with Crippen molar-refractivity contribution in [2.24, 2.45) is 4.99 Å². The summed E-state index contributed by atoms with van der Waals surface area (Å²) in [6.07, 6.45) is 1.89. The Morgan fingerprint density at radius 1 is 1.07 bits per heavy atom. The van der Waals surface area contributed by atoms with E-state index in [0.29, 0.717) is 12.1 Å². The van der Waals surface area contributed by atoms with Crippen molar-refractivity contribution >= 4 is 47.4 Å². The summed E-state index contributed by atoms with van der Waals surface area (Å²) in [5, 5.41) is 7.44. The second kappa shape index (κ2) is 13.4. The number of carbonyl (C=O) groups excluding carboxylic acids is 1. The summed E-state index contributed by atoms with van der Waals surface area (Å²) < 4.78 is 0. The van der Waals surface area contributed by atoms with Crippen LogP contribution in [-0.4, -0.2) is 44.0 Å². The normalized spacial score (nSPS) is 10.8. The first kappa shape index (κ1) is 25.2. The van der Waals surface area contributed by atoms with Crippen LogP contribution >= 0.6 is 35.6 Å². The minimum Gasteiger partial charge on any atom is -0.357 e. The lowest BCUT2D eigenvalue weighted by Gasteiger charge is -2.12. The Morgan fingerprint density at radius 2 is 1.76 bits per heavy atom. The molecule has 2 rings (SSSR count). The number of halogens is 2. The summed E-state index contributed by atoms with van der Waals surface area (Å²) >= 11 is 6.20. The van der Waals surface area contributed by atoms with Crippen molar-refractivity contribution in [1.29, 1.82) is 0 Å². The number of aryl methyl sites for hydroxylation is 1. The third-order valence-electron chi connectivity index (χ3n) is 4.24. The third-order valence-corrected chi connectivity index (χ3v) is 4.61. The number of amides is 1.